The molecule has 0 aliphatic carbocycles. The number of amides is 1. The molecule has 1 aliphatic rings. The lowest BCUT2D eigenvalue weighted by molar-refractivity contribution is -0.134. The van der Waals surface area contributed by atoms with Gasteiger partial charge in [0.25, 0.3) is 11.8 Å². The summed E-state index contributed by atoms with van der Waals surface area (Å²) in [6.07, 6.45) is 1.82. The number of methoxy groups -OCH3 is 2. The SMILES string of the molecule is COc1ccc(C2CCCN2C(=O)COc2ccccc2-c2nc(C)no2)cc1OC. The number of aromatic nitrogens is 2. The number of carbonyl (C=O) groups excluding carboxylic acids is 1. The van der Waals surface area contributed by atoms with Crippen LogP contribution in [0.25, 0.3) is 11.5 Å². The highest BCUT2D eigenvalue weighted by Crippen LogP contribution is 2.37. The second-order valence-corrected chi connectivity index (χ2v) is 7.29. The van der Waals surface area contributed by atoms with E-state index < -0.39 is 0 Å². The van der Waals surface area contributed by atoms with Crippen LogP contribution in [0.1, 0.15) is 30.3 Å². The van der Waals surface area contributed by atoms with Crippen molar-refractivity contribution in [1.82, 2.24) is 15.0 Å². The average molecular weight is 423 g/mol. The fourth-order valence-electron chi connectivity index (χ4n) is 3.87. The van der Waals surface area contributed by atoms with Crippen LogP contribution >= 0.6 is 0 Å². The molecule has 1 fully saturated rings. The molecule has 1 aliphatic heterocycles. The molecular weight excluding hydrogens is 398 g/mol. The number of ether oxygens (including phenoxy) is 3. The summed E-state index contributed by atoms with van der Waals surface area (Å²) in [6, 6.07) is 13.1. The molecule has 162 valence electrons. The number of para-hydroxylation sites is 1. The fraction of sp³-hybridized carbons (Fsp3) is 0.348. The zero-order valence-corrected chi connectivity index (χ0v) is 17.8. The highest BCUT2D eigenvalue weighted by Gasteiger charge is 2.31. The van der Waals surface area contributed by atoms with E-state index in [-0.39, 0.29) is 18.6 Å². The molecule has 2 aromatic carbocycles. The van der Waals surface area contributed by atoms with Gasteiger partial charge in [-0.15, -0.1) is 0 Å². The molecule has 1 aromatic heterocycles. The Morgan fingerprint density at radius 1 is 1.13 bits per heavy atom. The first kappa shape index (κ1) is 20.7. The molecule has 0 N–H and O–H groups in total. The van der Waals surface area contributed by atoms with Crippen LogP contribution in [0.3, 0.4) is 0 Å². The molecule has 1 amide bonds. The summed E-state index contributed by atoms with van der Waals surface area (Å²) >= 11 is 0. The van der Waals surface area contributed by atoms with E-state index in [1.807, 2.05) is 41.3 Å². The quantitative estimate of drug-likeness (QED) is 0.571. The van der Waals surface area contributed by atoms with Gasteiger partial charge in [-0.1, -0.05) is 23.4 Å². The van der Waals surface area contributed by atoms with Gasteiger partial charge in [-0.3, -0.25) is 4.79 Å². The van der Waals surface area contributed by atoms with Gasteiger partial charge in [-0.25, -0.2) is 0 Å². The van der Waals surface area contributed by atoms with E-state index in [2.05, 4.69) is 10.1 Å². The van der Waals surface area contributed by atoms with E-state index in [9.17, 15) is 4.79 Å². The summed E-state index contributed by atoms with van der Waals surface area (Å²) in [4.78, 5) is 19.1. The summed E-state index contributed by atoms with van der Waals surface area (Å²) in [5, 5.41) is 3.83. The number of carbonyl (C=O) groups is 1. The van der Waals surface area contributed by atoms with E-state index in [0.717, 1.165) is 18.4 Å². The minimum atomic E-state index is -0.0755. The molecule has 1 saturated heterocycles. The van der Waals surface area contributed by atoms with Crippen LogP contribution in [0.5, 0.6) is 17.2 Å². The number of benzene rings is 2. The number of aryl methyl sites for hydroxylation is 1. The summed E-state index contributed by atoms with van der Waals surface area (Å²) in [6.45, 7) is 2.36. The molecule has 3 aromatic rings. The van der Waals surface area contributed by atoms with E-state index in [4.69, 9.17) is 18.7 Å². The monoisotopic (exact) mass is 423 g/mol. The smallest absolute Gasteiger partial charge is 0.261 e. The average Bonchev–Trinajstić information content (AvgIpc) is 3.46. The summed E-state index contributed by atoms with van der Waals surface area (Å²) in [5.41, 5.74) is 1.68. The summed E-state index contributed by atoms with van der Waals surface area (Å²) < 4.78 is 21.9. The van der Waals surface area contributed by atoms with Gasteiger partial charge in [0, 0.05) is 6.54 Å². The van der Waals surface area contributed by atoms with Crippen molar-refractivity contribution in [2.45, 2.75) is 25.8 Å². The minimum Gasteiger partial charge on any atom is -0.493 e. The lowest BCUT2D eigenvalue weighted by atomic mass is 10.0. The molecular formula is C23H25N3O5. The molecule has 0 radical (unpaired) electrons. The predicted octanol–water partition coefficient (Wildman–Crippen LogP) is 3.80. The first-order chi connectivity index (χ1) is 15.1. The number of hydrogen-bond acceptors (Lipinski definition) is 7. The van der Waals surface area contributed by atoms with Crippen molar-refractivity contribution in [3.05, 3.63) is 53.9 Å². The van der Waals surface area contributed by atoms with Crippen molar-refractivity contribution in [2.75, 3.05) is 27.4 Å². The van der Waals surface area contributed by atoms with Gasteiger partial charge in [0.1, 0.15) is 5.75 Å². The third-order valence-electron chi connectivity index (χ3n) is 5.36. The standard InChI is InChI=1S/C23H25N3O5/c1-15-24-23(31-25-15)17-7-4-5-9-19(17)30-14-22(27)26-12-6-8-18(26)16-10-11-20(28-2)21(13-16)29-3/h4-5,7,9-11,13,18H,6,8,12,14H2,1-3H3. The first-order valence-electron chi connectivity index (χ1n) is 10.1. The molecule has 1 unspecified atom stereocenters. The van der Waals surface area contributed by atoms with Crippen LogP contribution in [-0.2, 0) is 4.79 Å². The molecule has 31 heavy (non-hydrogen) atoms. The third kappa shape index (κ3) is 4.33. The Morgan fingerprint density at radius 2 is 1.94 bits per heavy atom. The number of hydrogen-bond donors (Lipinski definition) is 0. The van der Waals surface area contributed by atoms with Gasteiger partial charge in [0.05, 0.1) is 25.8 Å². The Morgan fingerprint density at radius 3 is 2.68 bits per heavy atom. The van der Waals surface area contributed by atoms with Gasteiger partial charge < -0.3 is 23.6 Å². The zero-order valence-electron chi connectivity index (χ0n) is 17.8. The Balaban J connectivity index is 1.48. The molecule has 0 bridgehead atoms. The third-order valence-corrected chi connectivity index (χ3v) is 5.36. The van der Waals surface area contributed by atoms with E-state index in [1.54, 1.807) is 27.2 Å². The molecule has 1 atom stereocenters. The largest absolute Gasteiger partial charge is 0.493 e. The van der Waals surface area contributed by atoms with Crippen LogP contribution < -0.4 is 14.2 Å². The maximum Gasteiger partial charge on any atom is 0.261 e. The van der Waals surface area contributed by atoms with Crippen LogP contribution in [0.15, 0.2) is 47.0 Å². The molecule has 0 saturated carbocycles. The first-order valence-corrected chi connectivity index (χ1v) is 10.1. The van der Waals surface area contributed by atoms with E-state index in [1.165, 1.54) is 0 Å². The fourth-order valence-corrected chi connectivity index (χ4v) is 3.87. The van der Waals surface area contributed by atoms with Crippen molar-refractivity contribution >= 4 is 5.91 Å². The van der Waals surface area contributed by atoms with Crippen LogP contribution in [0, 0.1) is 6.92 Å². The Labute approximate surface area is 180 Å². The molecule has 8 nitrogen and oxygen atoms in total. The Bertz CT molecular complexity index is 1060. The number of likely N-dealkylation sites (tertiary alicyclic amines) is 1. The predicted molar refractivity (Wildman–Crippen MR) is 113 cm³/mol. The molecule has 4 rings (SSSR count). The highest BCUT2D eigenvalue weighted by molar-refractivity contribution is 5.79. The van der Waals surface area contributed by atoms with Gasteiger partial charge in [-0.2, -0.15) is 4.98 Å². The minimum absolute atomic E-state index is 0.0234. The van der Waals surface area contributed by atoms with Crippen LogP contribution in [-0.4, -0.2) is 48.3 Å². The van der Waals surface area contributed by atoms with Crippen LogP contribution in [0.2, 0.25) is 0 Å². The lowest BCUT2D eigenvalue weighted by Crippen LogP contribution is -2.34. The summed E-state index contributed by atoms with van der Waals surface area (Å²) in [5.74, 6) is 2.67. The Hall–Kier alpha value is -3.55. The summed E-state index contributed by atoms with van der Waals surface area (Å²) in [7, 11) is 3.21. The van der Waals surface area contributed by atoms with Gasteiger partial charge in [0.2, 0.25) is 0 Å². The van der Waals surface area contributed by atoms with E-state index >= 15 is 0 Å². The van der Waals surface area contributed by atoms with Crippen molar-refractivity contribution in [2.24, 2.45) is 0 Å². The van der Waals surface area contributed by atoms with Crippen molar-refractivity contribution in [3.8, 4) is 28.7 Å². The molecule has 8 heteroatoms. The van der Waals surface area contributed by atoms with Crippen molar-refractivity contribution in [1.29, 1.82) is 0 Å². The normalized spacial score (nSPS) is 15.7. The Kier molecular flexibility index (Phi) is 6.06. The highest BCUT2D eigenvalue weighted by atomic mass is 16.5. The van der Waals surface area contributed by atoms with Crippen molar-refractivity contribution < 1.29 is 23.5 Å². The zero-order chi connectivity index (χ0) is 21.8. The topological polar surface area (TPSA) is 86.9 Å². The van der Waals surface area contributed by atoms with E-state index in [0.29, 0.717) is 41.1 Å². The second-order valence-electron chi connectivity index (χ2n) is 7.29. The lowest BCUT2D eigenvalue weighted by Gasteiger charge is -2.26. The maximum absolute atomic E-state index is 13.0. The van der Waals surface area contributed by atoms with Crippen LogP contribution in [0.4, 0.5) is 0 Å². The van der Waals surface area contributed by atoms with Crippen molar-refractivity contribution in [3.63, 3.8) is 0 Å². The molecule has 2 heterocycles. The maximum atomic E-state index is 13.0. The van der Waals surface area contributed by atoms with Gasteiger partial charge in [0.15, 0.2) is 23.9 Å². The van der Waals surface area contributed by atoms with Gasteiger partial charge >= 0.3 is 0 Å². The van der Waals surface area contributed by atoms with Gasteiger partial charge in [-0.05, 0) is 49.6 Å². The molecule has 0 spiro atoms. The second kappa shape index (κ2) is 9.07. The number of rotatable bonds is 7. The number of nitrogens with zero attached hydrogens (tertiary/aromatic N) is 3.